The molecule has 80 valence electrons. The molecule has 1 heterocycles. The van der Waals surface area contributed by atoms with E-state index in [1.165, 1.54) is 0 Å². The molecule has 3 nitrogen and oxygen atoms in total. The van der Waals surface area contributed by atoms with Gasteiger partial charge in [0, 0.05) is 17.3 Å². The van der Waals surface area contributed by atoms with Gasteiger partial charge < -0.3 is 10.7 Å². The second kappa shape index (κ2) is 4.13. The van der Waals surface area contributed by atoms with Gasteiger partial charge in [-0.3, -0.25) is 0 Å². The fourth-order valence-electron chi connectivity index (χ4n) is 1.35. The minimum absolute atomic E-state index is 0.0519. The topological polar surface area (TPSA) is 54.7 Å². The van der Waals surface area contributed by atoms with E-state index in [0.717, 1.165) is 24.4 Å². The zero-order chi connectivity index (χ0) is 10.8. The van der Waals surface area contributed by atoms with E-state index < -0.39 is 0 Å². The van der Waals surface area contributed by atoms with Crippen LogP contribution in [0, 0.1) is 0 Å². The minimum atomic E-state index is 0.0519. The van der Waals surface area contributed by atoms with Gasteiger partial charge in [0.1, 0.15) is 5.82 Å². The second-order valence-electron chi connectivity index (χ2n) is 4.83. The van der Waals surface area contributed by atoms with Crippen molar-refractivity contribution >= 4 is 0 Å². The zero-order valence-corrected chi connectivity index (χ0v) is 9.59. The molecule has 0 aliphatic rings. The lowest BCUT2D eigenvalue weighted by molar-refractivity contribution is 0.561. The van der Waals surface area contributed by atoms with Crippen LogP contribution in [0.25, 0.3) is 0 Å². The lowest BCUT2D eigenvalue weighted by Crippen LogP contribution is -2.14. The van der Waals surface area contributed by atoms with Crippen molar-refractivity contribution in [2.75, 3.05) is 0 Å². The van der Waals surface area contributed by atoms with E-state index in [2.05, 4.69) is 37.7 Å². The summed E-state index contributed by atoms with van der Waals surface area (Å²) in [4.78, 5) is 7.62. The molecule has 0 radical (unpaired) electrons. The lowest BCUT2D eigenvalue weighted by atomic mass is 9.93. The summed E-state index contributed by atoms with van der Waals surface area (Å²) in [5.74, 6) is 0.914. The quantitative estimate of drug-likeness (QED) is 0.778. The molecule has 14 heavy (non-hydrogen) atoms. The van der Waals surface area contributed by atoms with Crippen molar-refractivity contribution in [3.8, 4) is 0 Å². The first-order valence-corrected chi connectivity index (χ1v) is 5.26. The molecule has 0 saturated heterocycles. The number of hydrogen-bond donors (Lipinski definition) is 2. The summed E-state index contributed by atoms with van der Waals surface area (Å²) in [7, 11) is 0. The van der Waals surface area contributed by atoms with E-state index >= 15 is 0 Å². The highest BCUT2D eigenvalue weighted by Crippen LogP contribution is 2.21. The number of nitrogens with zero attached hydrogens (tertiary/aromatic N) is 1. The SMILES string of the molecule is CCCC(N)c1ncc(C(C)(C)C)[nH]1. The van der Waals surface area contributed by atoms with Crippen LogP contribution >= 0.6 is 0 Å². The molecule has 1 aromatic heterocycles. The predicted molar refractivity (Wildman–Crippen MR) is 59.1 cm³/mol. The summed E-state index contributed by atoms with van der Waals surface area (Å²) < 4.78 is 0. The van der Waals surface area contributed by atoms with E-state index in [0.29, 0.717) is 0 Å². The first-order chi connectivity index (χ1) is 6.45. The molecular formula is C11H21N3. The monoisotopic (exact) mass is 195 g/mol. The van der Waals surface area contributed by atoms with Gasteiger partial charge in [0.25, 0.3) is 0 Å². The third-order valence-electron chi connectivity index (χ3n) is 2.35. The Hall–Kier alpha value is -0.830. The molecule has 0 aliphatic carbocycles. The number of rotatable bonds is 3. The maximum absolute atomic E-state index is 5.97. The molecule has 1 rings (SSSR count). The third kappa shape index (κ3) is 2.58. The van der Waals surface area contributed by atoms with E-state index in [9.17, 15) is 0 Å². The largest absolute Gasteiger partial charge is 0.344 e. The number of aromatic nitrogens is 2. The number of hydrogen-bond acceptors (Lipinski definition) is 2. The normalized spacial score (nSPS) is 14.4. The van der Waals surface area contributed by atoms with Gasteiger partial charge in [0.05, 0.1) is 6.04 Å². The fourth-order valence-corrected chi connectivity index (χ4v) is 1.35. The first-order valence-electron chi connectivity index (χ1n) is 5.26. The van der Waals surface area contributed by atoms with Crippen molar-refractivity contribution in [3.63, 3.8) is 0 Å². The van der Waals surface area contributed by atoms with Crippen LogP contribution in [0.3, 0.4) is 0 Å². The molecule has 1 aromatic rings. The minimum Gasteiger partial charge on any atom is -0.344 e. The molecule has 1 atom stereocenters. The van der Waals surface area contributed by atoms with Crippen LogP contribution < -0.4 is 5.73 Å². The van der Waals surface area contributed by atoms with Crippen LogP contribution in [-0.4, -0.2) is 9.97 Å². The molecule has 0 spiro atoms. The smallest absolute Gasteiger partial charge is 0.123 e. The fraction of sp³-hybridized carbons (Fsp3) is 0.727. The Morgan fingerprint density at radius 2 is 2.14 bits per heavy atom. The van der Waals surface area contributed by atoms with Crippen molar-refractivity contribution < 1.29 is 0 Å². The second-order valence-corrected chi connectivity index (χ2v) is 4.83. The highest BCUT2D eigenvalue weighted by atomic mass is 15.0. The maximum atomic E-state index is 5.97. The third-order valence-corrected chi connectivity index (χ3v) is 2.35. The average molecular weight is 195 g/mol. The van der Waals surface area contributed by atoms with Gasteiger partial charge in [-0.15, -0.1) is 0 Å². The molecule has 0 aromatic carbocycles. The Labute approximate surface area is 86.1 Å². The van der Waals surface area contributed by atoms with Crippen molar-refractivity contribution in [1.82, 2.24) is 9.97 Å². The summed E-state index contributed by atoms with van der Waals surface area (Å²) in [6, 6.07) is 0.0519. The summed E-state index contributed by atoms with van der Waals surface area (Å²) >= 11 is 0. The predicted octanol–water partition coefficient (Wildman–Crippen LogP) is 2.51. The Balaban J connectivity index is 2.78. The van der Waals surface area contributed by atoms with Crippen molar-refractivity contribution in [3.05, 3.63) is 17.7 Å². The van der Waals surface area contributed by atoms with Gasteiger partial charge in [-0.25, -0.2) is 4.98 Å². The zero-order valence-electron chi connectivity index (χ0n) is 9.59. The van der Waals surface area contributed by atoms with Crippen LogP contribution in [0.4, 0.5) is 0 Å². The molecule has 3 heteroatoms. The van der Waals surface area contributed by atoms with E-state index in [4.69, 9.17) is 5.73 Å². The Morgan fingerprint density at radius 3 is 2.57 bits per heavy atom. The van der Waals surface area contributed by atoms with Gasteiger partial charge in [-0.2, -0.15) is 0 Å². The maximum Gasteiger partial charge on any atom is 0.123 e. The van der Waals surface area contributed by atoms with Gasteiger partial charge in [0.2, 0.25) is 0 Å². The van der Waals surface area contributed by atoms with Gasteiger partial charge in [0.15, 0.2) is 0 Å². The van der Waals surface area contributed by atoms with Gasteiger partial charge in [-0.05, 0) is 6.42 Å². The number of aromatic amines is 1. The molecule has 1 unspecified atom stereocenters. The number of H-pyrrole nitrogens is 1. The summed E-state index contributed by atoms with van der Waals surface area (Å²) in [6.07, 6.45) is 3.97. The molecule has 3 N–H and O–H groups in total. The van der Waals surface area contributed by atoms with Crippen LogP contribution in [0.5, 0.6) is 0 Å². The van der Waals surface area contributed by atoms with Crippen molar-refractivity contribution in [2.24, 2.45) is 5.73 Å². The van der Waals surface area contributed by atoms with E-state index in [1.54, 1.807) is 0 Å². The average Bonchev–Trinajstić information content (AvgIpc) is 2.51. The molecule has 0 saturated carbocycles. The van der Waals surface area contributed by atoms with E-state index in [-0.39, 0.29) is 11.5 Å². The molecule has 0 bridgehead atoms. The summed E-state index contributed by atoms with van der Waals surface area (Å²) in [6.45, 7) is 8.62. The summed E-state index contributed by atoms with van der Waals surface area (Å²) in [5.41, 5.74) is 7.24. The van der Waals surface area contributed by atoms with Crippen molar-refractivity contribution in [2.45, 2.75) is 52.0 Å². The highest BCUT2D eigenvalue weighted by molar-refractivity contribution is 5.12. The molecule has 0 fully saturated rings. The summed E-state index contributed by atoms with van der Waals surface area (Å²) in [5, 5.41) is 0. The van der Waals surface area contributed by atoms with Gasteiger partial charge in [-0.1, -0.05) is 34.1 Å². The van der Waals surface area contributed by atoms with Gasteiger partial charge >= 0.3 is 0 Å². The highest BCUT2D eigenvalue weighted by Gasteiger charge is 2.18. The Kier molecular flexibility index (Phi) is 3.32. The number of imidazole rings is 1. The van der Waals surface area contributed by atoms with Crippen LogP contribution in [0.15, 0.2) is 6.20 Å². The van der Waals surface area contributed by atoms with E-state index in [1.807, 2.05) is 6.20 Å². The Bertz CT molecular complexity index is 283. The van der Waals surface area contributed by atoms with Crippen LogP contribution in [0.1, 0.15) is 58.1 Å². The van der Waals surface area contributed by atoms with Crippen LogP contribution in [-0.2, 0) is 5.41 Å². The standard InChI is InChI=1S/C11H21N3/c1-5-6-8(12)10-13-7-9(14-10)11(2,3)4/h7-8H,5-6,12H2,1-4H3,(H,13,14). The molecule has 0 amide bonds. The number of nitrogens with two attached hydrogens (primary N) is 1. The lowest BCUT2D eigenvalue weighted by Gasteiger charge is -2.15. The van der Waals surface area contributed by atoms with Crippen LogP contribution in [0.2, 0.25) is 0 Å². The van der Waals surface area contributed by atoms with Crippen molar-refractivity contribution in [1.29, 1.82) is 0 Å². The molecule has 0 aliphatic heterocycles. The Morgan fingerprint density at radius 1 is 1.50 bits per heavy atom. The number of nitrogens with one attached hydrogen (secondary N) is 1. The first kappa shape index (κ1) is 11.2. The molecular weight excluding hydrogens is 174 g/mol.